The number of rotatable bonds is 6. The molecule has 3 heteroatoms. The third-order valence-electron chi connectivity index (χ3n) is 4.01. The summed E-state index contributed by atoms with van der Waals surface area (Å²) in [5.41, 5.74) is 2.23. The first-order valence-corrected chi connectivity index (χ1v) is 7.25. The highest BCUT2D eigenvalue weighted by Crippen LogP contribution is 2.25. The molecule has 2 rings (SSSR count). The molecule has 106 valence electrons. The van der Waals surface area contributed by atoms with Crippen LogP contribution in [0.25, 0.3) is 0 Å². The number of halogens is 1. The molecular weight excluding hydrogens is 241 g/mol. The summed E-state index contributed by atoms with van der Waals surface area (Å²) in [6.07, 6.45) is 6.11. The van der Waals surface area contributed by atoms with E-state index in [9.17, 15) is 4.39 Å². The summed E-state index contributed by atoms with van der Waals surface area (Å²) >= 11 is 0. The van der Waals surface area contributed by atoms with Gasteiger partial charge in [0.15, 0.2) is 0 Å². The first kappa shape index (κ1) is 14.5. The van der Waals surface area contributed by atoms with Gasteiger partial charge in [-0.1, -0.05) is 6.07 Å². The normalized spacial score (nSPS) is 20.7. The van der Waals surface area contributed by atoms with E-state index < -0.39 is 0 Å². The van der Waals surface area contributed by atoms with Crippen molar-refractivity contribution in [1.29, 1.82) is 0 Å². The fraction of sp³-hybridized carbons (Fsp3) is 0.625. The van der Waals surface area contributed by atoms with Crippen LogP contribution in [0.3, 0.4) is 0 Å². The number of benzene rings is 1. The summed E-state index contributed by atoms with van der Waals surface area (Å²) in [6.45, 7) is 2.96. The van der Waals surface area contributed by atoms with Gasteiger partial charge in [-0.05, 0) is 69.3 Å². The highest BCUT2D eigenvalue weighted by molar-refractivity contribution is 5.29. The van der Waals surface area contributed by atoms with Crippen molar-refractivity contribution in [3.8, 4) is 0 Å². The molecule has 19 heavy (non-hydrogen) atoms. The maximum absolute atomic E-state index is 13.4. The summed E-state index contributed by atoms with van der Waals surface area (Å²) < 4.78 is 19.0. The van der Waals surface area contributed by atoms with Gasteiger partial charge in [0.05, 0.1) is 6.10 Å². The average molecular weight is 265 g/mol. The van der Waals surface area contributed by atoms with Crippen molar-refractivity contribution in [2.24, 2.45) is 0 Å². The van der Waals surface area contributed by atoms with E-state index in [0.29, 0.717) is 6.10 Å². The Balaban J connectivity index is 1.89. The Bertz CT molecular complexity index is 402. The molecular formula is C16H24FNO. The van der Waals surface area contributed by atoms with Crippen molar-refractivity contribution >= 4 is 0 Å². The van der Waals surface area contributed by atoms with Crippen LogP contribution in [0.1, 0.15) is 49.3 Å². The second kappa shape index (κ2) is 7.01. The van der Waals surface area contributed by atoms with Crippen molar-refractivity contribution in [2.45, 2.75) is 51.2 Å². The lowest BCUT2D eigenvalue weighted by Crippen LogP contribution is -2.18. The molecule has 0 spiro atoms. The van der Waals surface area contributed by atoms with Crippen LogP contribution in [-0.2, 0) is 4.74 Å². The summed E-state index contributed by atoms with van der Waals surface area (Å²) in [6, 6.07) is 5.27. The predicted octanol–water partition coefficient (Wildman–Crippen LogP) is 3.74. The summed E-state index contributed by atoms with van der Waals surface area (Å²) in [7, 11) is 1.95. The van der Waals surface area contributed by atoms with Gasteiger partial charge < -0.3 is 10.1 Å². The smallest absolute Gasteiger partial charge is 0.123 e. The Morgan fingerprint density at radius 1 is 1.47 bits per heavy atom. The van der Waals surface area contributed by atoms with Gasteiger partial charge in [0.1, 0.15) is 5.82 Å². The Hall–Kier alpha value is -0.930. The molecule has 0 bridgehead atoms. The van der Waals surface area contributed by atoms with Crippen LogP contribution in [0, 0.1) is 12.7 Å². The number of hydrogen-bond acceptors (Lipinski definition) is 2. The predicted molar refractivity (Wildman–Crippen MR) is 75.8 cm³/mol. The third kappa shape index (κ3) is 4.02. The van der Waals surface area contributed by atoms with Crippen LogP contribution in [-0.4, -0.2) is 19.8 Å². The van der Waals surface area contributed by atoms with Crippen LogP contribution in [0.15, 0.2) is 18.2 Å². The standard InChI is InChI=1S/C16H24FNO/c1-12-8-9-13(17)11-15(12)16(18-2)7-3-5-14-6-4-10-19-14/h8-9,11,14,16,18H,3-7,10H2,1-2H3. The number of aryl methyl sites for hydroxylation is 1. The lowest BCUT2D eigenvalue weighted by atomic mass is 9.96. The number of nitrogens with one attached hydrogen (secondary N) is 1. The zero-order chi connectivity index (χ0) is 13.7. The SMILES string of the molecule is CNC(CCCC1CCCO1)c1cc(F)ccc1C. The van der Waals surface area contributed by atoms with Gasteiger partial charge in [-0.2, -0.15) is 0 Å². The molecule has 0 aliphatic carbocycles. The summed E-state index contributed by atoms with van der Waals surface area (Å²) in [4.78, 5) is 0. The summed E-state index contributed by atoms with van der Waals surface area (Å²) in [5.74, 6) is -0.153. The molecule has 1 aromatic rings. The van der Waals surface area contributed by atoms with Crippen LogP contribution >= 0.6 is 0 Å². The van der Waals surface area contributed by atoms with Crippen LogP contribution in [0.2, 0.25) is 0 Å². The first-order chi connectivity index (χ1) is 9.20. The average Bonchev–Trinajstić information content (AvgIpc) is 2.91. The molecule has 0 radical (unpaired) electrons. The van der Waals surface area contributed by atoms with Crippen LogP contribution < -0.4 is 5.32 Å². The van der Waals surface area contributed by atoms with Crippen molar-refractivity contribution < 1.29 is 9.13 Å². The van der Waals surface area contributed by atoms with Crippen molar-refractivity contribution in [3.63, 3.8) is 0 Å². The molecule has 0 saturated carbocycles. The van der Waals surface area contributed by atoms with Crippen molar-refractivity contribution in [3.05, 3.63) is 35.1 Å². The summed E-state index contributed by atoms with van der Waals surface area (Å²) in [5, 5.41) is 3.30. The van der Waals surface area contributed by atoms with Crippen molar-refractivity contribution in [1.82, 2.24) is 5.32 Å². The second-order valence-electron chi connectivity index (χ2n) is 5.41. The van der Waals surface area contributed by atoms with E-state index in [2.05, 4.69) is 5.32 Å². The Labute approximate surface area is 115 Å². The Kier molecular flexibility index (Phi) is 5.34. The molecule has 2 nitrogen and oxygen atoms in total. The second-order valence-corrected chi connectivity index (χ2v) is 5.41. The minimum Gasteiger partial charge on any atom is -0.378 e. The number of hydrogen-bond donors (Lipinski definition) is 1. The van der Waals surface area contributed by atoms with E-state index in [4.69, 9.17) is 4.74 Å². The van der Waals surface area contributed by atoms with Gasteiger partial charge in [0.2, 0.25) is 0 Å². The van der Waals surface area contributed by atoms with Gasteiger partial charge >= 0.3 is 0 Å². The molecule has 1 aliphatic rings. The van der Waals surface area contributed by atoms with E-state index in [-0.39, 0.29) is 11.9 Å². The minimum absolute atomic E-state index is 0.153. The molecule has 2 unspecified atom stereocenters. The molecule has 0 amide bonds. The van der Waals surface area contributed by atoms with Crippen LogP contribution in [0.5, 0.6) is 0 Å². The van der Waals surface area contributed by atoms with E-state index in [1.54, 1.807) is 6.07 Å². The molecule has 1 saturated heterocycles. The topological polar surface area (TPSA) is 21.3 Å². The zero-order valence-electron chi connectivity index (χ0n) is 11.9. The fourth-order valence-corrected chi connectivity index (χ4v) is 2.86. The fourth-order valence-electron chi connectivity index (χ4n) is 2.86. The van der Waals surface area contributed by atoms with Crippen molar-refractivity contribution in [2.75, 3.05) is 13.7 Å². The highest BCUT2D eigenvalue weighted by atomic mass is 19.1. The molecule has 2 atom stereocenters. The van der Waals surface area contributed by atoms with E-state index in [1.165, 1.54) is 18.9 Å². The van der Waals surface area contributed by atoms with E-state index >= 15 is 0 Å². The van der Waals surface area contributed by atoms with E-state index in [0.717, 1.165) is 37.0 Å². The number of ether oxygens (including phenoxy) is 1. The largest absolute Gasteiger partial charge is 0.378 e. The zero-order valence-corrected chi connectivity index (χ0v) is 11.9. The Morgan fingerprint density at radius 2 is 2.32 bits per heavy atom. The molecule has 1 aliphatic heterocycles. The first-order valence-electron chi connectivity index (χ1n) is 7.25. The lowest BCUT2D eigenvalue weighted by molar-refractivity contribution is 0.101. The molecule has 1 N–H and O–H groups in total. The van der Waals surface area contributed by atoms with Gasteiger partial charge in [0, 0.05) is 12.6 Å². The van der Waals surface area contributed by atoms with Gasteiger partial charge in [0.25, 0.3) is 0 Å². The lowest BCUT2D eigenvalue weighted by Gasteiger charge is -2.19. The van der Waals surface area contributed by atoms with Crippen LogP contribution in [0.4, 0.5) is 4.39 Å². The third-order valence-corrected chi connectivity index (χ3v) is 4.01. The van der Waals surface area contributed by atoms with Gasteiger partial charge in [-0.3, -0.25) is 0 Å². The minimum atomic E-state index is -0.153. The van der Waals surface area contributed by atoms with Gasteiger partial charge in [-0.25, -0.2) is 4.39 Å². The molecule has 1 fully saturated rings. The van der Waals surface area contributed by atoms with Gasteiger partial charge in [-0.15, -0.1) is 0 Å². The highest BCUT2D eigenvalue weighted by Gasteiger charge is 2.17. The maximum atomic E-state index is 13.4. The quantitative estimate of drug-likeness (QED) is 0.846. The molecule has 0 aromatic heterocycles. The monoisotopic (exact) mass is 265 g/mol. The molecule has 1 heterocycles. The van der Waals surface area contributed by atoms with E-state index in [1.807, 2.05) is 20.0 Å². The molecule has 1 aromatic carbocycles. The Morgan fingerprint density at radius 3 is 3.00 bits per heavy atom. The maximum Gasteiger partial charge on any atom is 0.123 e.